The number of hydrogen-bond donors (Lipinski definition) is 6. The number of allylic oxidation sites excluding steroid dienone is 1. The molecule has 2 aromatic rings. The van der Waals surface area contributed by atoms with Gasteiger partial charge in [0.15, 0.2) is 6.10 Å². The van der Waals surface area contributed by atoms with E-state index in [1.165, 1.54) is 19.3 Å². The van der Waals surface area contributed by atoms with E-state index in [0.717, 1.165) is 22.7 Å². The monoisotopic (exact) mass is 957 g/mol. The van der Waals surface area contributed by atoms with Crippen LogP contribution in [0.5, 0.6) is 5.75 Å². The van der Waals surface area contributed by atoms with Crippen LogP contribution in [0.1, 0.15) is 141 Å². The lowest BCUT2D eigenvalue weighted by atomic mass is 9.94. The molecule has 3 unspecified atom stereocenters. The van der Waals surface area contributed by atoms with Crippen LogP contribution in [-0.4, -0.2) is 104 Å². The molecule has 2 heterocycles. The number of amides is 6. The highest BCUT2D eigenvalue weighted by Gasteiger charge is 2.36. The summed E-state index contributed by atoms with van der Waals surface area (Å²) in [5.74, 6) is -3.05. The second kappa shape index (κ2) is 25.7. The van der Waals surface area contributed by atoms with Crippen molar-refractivity contribution >= 4 is 71.1 Å². The molecule has 1 aromatic carbocycles. The molecule has 1 fully saturated rings. The third-order valence-electron chi connectivity index (χ3n) is 11.5. The van der Waals surface area contributed by atoms with Gasteiger partial charge in [-0.05, 0) is 69.6 Å². The Morgan fingerprint density at radius 2 is 1.82 bits per heavy atom. The van der Waals surface area contributed by atoms with E-state index < -0.39 is 52.6 Å². The number of carbonyl (C=O) groups excluding carboxylic acids is 7. The number of likely N-dealkylation sites (tertiary alicyclic amines) is 1. The zero-order valence-corrected chi connectivity index (χ0v) is 41.8. The first kappa shape index (κ1) is 55.2. The van der Waals surface area contributed by atoms with Gasteiger partial charge in [0.05, 0.1) is 10.9 Å². The first-order valence-corrected chi connectivity index (χ1v) is 24.0. The predicted octanol–water partition coefficient (Wildman–Crippen LogP) is 6.03. The maximum absolute atomic E-state index is 14.0. The molecule has 1 saturated heterocycles. The fourth-order valence-corrected chi connectivity index (χ4v) is 8.51. The lowest BCUT2D eigenvalue weighted by Crippen LogP contribution is -2.42. The van der Waals surface area contributed by atoms with Crippen molar-refractivity contribution in [3.8, 4) is 5.75 Å². The molecule has 6 atom stereocenters. The number of carbonyl (C=O) groups is 7. The van der Waals surface area contributed by atoms with E-state index in [4.69, 9.17) is 15.2 Å². The minimum absolute atomic E-state index is 0.00778. The number of phenols is 1. The van der Waals surface area contributed by atoms with Crippen molar-refractivity contribution in [3.05, 3.63) is 51.8 Å². The van der Waals surface area contributed by atoms with Crippen molar-refractivity contribution in [1.29, 1.82) is 0 Å². The molecular weight excluding hydrogens is 887 g/mol. The molecule has 17 nitrogen and oxygen atoms in total. The van der Waals surface area contributed by atoms with Gasteiger partial charge in [0.2, 0.25) is 29.5 Å². The third kappa shape index (κ3) is 17.6. The Hall–Kier alpha value is -5.17. The molecule has 6 amide bonds. The number of nitrogens with zero attached hydrogens (tertiary/aromatic N) is 3. The normalized spacial score (nSPS) is 16.6. The fourth-order valence-electron chi connectivity index (χ4n) is 7.37. The number of esters is 1. The van der Waals surface area contributed by atoms with Gasteiger partial charge < -0.3 is 41.2 Å². The summed E-state index contributed by atoms with van der Waals surface area (Å²) in [5, 5.41) is 20.7. The van der Waals surface area contributed by atoms with Gasteiger partial charge in [0, 0.05) is 88.2 Å². The zero-order valence-electron chi connectivity index (χ0n) is 40.1. The topological polar surface area (TPSA) is 240 Å². The number of imide groups is 1. The molecule has 0 bridgehead atoms. The number of ether oxygens (including phenoxy) is 2. The highest BCUT2D eigenvalue weighted by Crippen LogP contribution is 2.32. The molecule has 366 valence electrons. The highest BCUT2D eigenvalue weighted by atomic mass is 32.1. The number of thiol groups is 1. The summed E-state index contributed by atoms with van der Waals surface area (Å²) in [7, 11) is 1.76. The van der Waals surface area contributed by atoms with Crippen molar-refractivity contribution in [2.75, 3.05) is 25.5 Å². The number of nitrogens with one attached hydrogen (secondary N) is 3. The van der Waals surface area contributed by atoms with Gasteiger partial charge in [0.25, 0.3) is 5.91 Å². The molecule has 0 spiro atoms. The predicted molar refractivity (Wildman–Crippen MR) is 256 cm³/mol. The van der Waals surface area contributed by atoms with E-state index in [9.17, 15) is 38.7 Å². The van der Waals surface area contributed by atoms with Crippen LogP contribution in [0.3, 0.4) is 0 Å². The Balaban J connectivity index is 1.83. The Bertz CT molecular complexity index is 2050. The van der Waals surface area contributed by atoms with Gasteiger partial charge in [-0.2, -0.15) is 12.6 Å². The maximum Gasteiger partial charge on any atom is 0.303 e. The molecule has 1 aliphatic rings. The number of thiazole rings is 1. The number of rotatable bonds is 26. The molecule has 19 heteroatoms. The first-order chi connectivity index (χ1) is 30.9. The van der Waals surface area contributed by atoms with Gasteiger partial charge in [0.1, 0.15) is 28.3 Å². The number of benzene rings is 1. The maximum atomic E-state index is 14.0. The first-order valence-electron chi connectivity index (χ1n) is 22.6. The van der Waals surface area contributed by atoms with Gasteiger partial charge in [-0.1, -0.05) is 47.1 Å². The van der Waals surface area contributed by atoms with Crippen molar-refractivity contribution < 1.29 is 48.1 Å². The summed E-state index contributed by atoms with van der Waals surface area (Å²) < 4.78 is 11.5. The lowest BCUT2D eigenvalue weighted by Gasteiger charge is -2.34. The van der Waals surface area contributed by atoms with E-state index in [-0.39, 0.29) is 97.8 Å². The summed E-state index contributed by atoms with van der Waals surface area (Å²) in [4.78, 5) is 97.8. The second-order valence-electron chi connectivity index (χ2n) is 18.3. The summed E-state index contributed by atoms with van der Waals surface area (Å²) in [5.41, 5.74) is 6.45. The highest BCUT2D eigenvalue weighted by molar-refractivity contribution is 7.81. The largest absolute Gasteiger partial charge is 0.506 e. The molecule has 0 saturated carbocycles. The number of hydrogen-bond acceptors (Lipinski definition) is 14. The summed E-state index contributed by atoms with van der Waals surface area (Å²) in [6, 6.07) is 3.70. The molecule has 66 heavy (non-hydrogen) atoms. The van der Waals surface area contributed by atoms with Crippen molar-refractivity contribution in [2.24, 2.45) is 23.5 Å². The molecular formula is C47H71N7O10S2. The molecule has 3 rings (SSSR count). The van der Waals surface area contributed by atoms with Crippen LogP contribution in [0.4, 0.5) is 5.69 Å². The van der Waals surface area contributed by atoms with Crippen LogP contribution < -0.4 is 21.7 Å². The number of aromatic nitrogens is 1. The zero-order chi connectivity index (χ0) is 49.5. The summed E-state index contributed by atoms with van der Waals surface area (Å²) in [6.45, 7) is 17.0. The van der Waals surface area contributed by atoms with E-state index >= 15 is 0 Å². The lowest BCUT2D eigenvalue weighted by molar-refractivity contribution is -0.148. The number of anilines is 1. The van der Waals surface area contributed by atoms with Crippen molar-refractivity contribution in [1.82, 2.24) is 25.4 Å². The summed E-state index contributed by atoms with van der Waals surface area (Å²) in [6.07, 6.45) is 3.22. The standard InChI is InChI=1S/C47H71N7O10S2/c1-11-28(4)19-41(58)53(10)36(27(2)3)23-38(64-31(7)55)45-52-35(26-66-45)44(61)50-33(20-29(5)43(60)49-17-16-47(8,9)63-25-30(6)48)21-32-14-15-37(56)34(22-32)51-40(57)13-12-18-54-42(59)24-39(65)46(54)62/h14-15,22,25-29,33,36,38-39,56,65H,11-13,16-21,23-24,48H2,1-10H3,(H,49,60)(H,50,61)(H,51,57)/b30-25+/t28-,29?,33+,36?,38+,39?/m0/s1. The van der Waals surface area contributed by atoms with Crippen LogP contribution in [0.25, 0.3) is 0 Å². The minimum Gasteiger partial charge on any atom is -0.506 e. The number of phenolic OH excluding ortho intramolecular Hbond substituents is 1. The van der Waals surface area contributed by atoms with Gasteiger partial charge in [-0.15, -0.1) is 11.3 Å². The second-order valence-corrected chi connectivity index (χ2v) is 19.8. The quantitative estimate of drug-likeness (QED) is 0.0209. The number of nitrogens with two attached hydrogens (primary N) is 1. The molecule has 6 N–H and O–H groups in total. The van der Waals surface area contributed by atoms with Crippen LogP contribution in [0.2, 0.25) is 0 Å². The summed E-state index contributed by atoms with van der Waals surface area (Å²) >= 11 is 5.29. The average molecular weight is 958 g/mol. The van der Waals surface area contributed by atoms with E-state index in [1.54, 1.807) is 43.3 Å². The van der Waals surface area contributed by atoms with Gasteiger partial charge in [-0.25, -0.2) is 4.98 Å². The Morgan fingerprint density at radius 3 is 2.42 bits per heavy atom. The van der Waals surface area contributed by atoms with Gasteiger partial charge in [-0.3, -0.25) is 38.5 Å². The Kier molecular flexibility index (Phi) is 21.4. The number of aromatic hydroxyl groups is 1. The average Bonchev–Trinajstić information content (AvgIpc) is 3.82. The Morgan fingerprint density at radius 1 is 1.12 bits per heavy atom. The molecule has 0 aliphatic carbocycles. The van der Waals surface area contributed by atoms with Crippen molar-refractivity contribution in [3.63, 3.8) is 0 Å². The van der Waals surface area contributed by atoms with E-state index in [0.29, 0.717) is 35.7 Å². The fraction of sp³-hybridized carbons (Fsp3) is 0.617. The van der Waals surface area contributed by atoms with Crippen LogP contribution >= 0.6 is 24.0 Å². The van der Waals surface area contributed by atoms with Crippen LogP contribution in [0.15, 0.2) is 35.5 Å². The smallest absolute Gasteiger partial charge is 0.303 e. The van der Waals surface area contributed by atoms with E-state index in [2.05, 4.69) is 33.6 Å². The van der Waals surface area contributed by atoms with E-state index in [1.807, 2.05) is 41.5 Å². The van der Waals surface area contributed by atoms with Crippen LogP contribution in [-0.2, 0) is 44.7 Å². The minimum atomic E-state index is -0.832. The van der Waals surface area contributed by atoms with Crippen LogP contribution in [0, 0.1) is 17.8 Å². The molecule has 1 aromatic heterocycles. The Labute approximate surface area is 398 Å². The SMILES string of the molecule is CC[C@H](C)CC(=O)N(C)C(C[C@@H](OC(C)=O)c1nc(C(=O)N[C@@H](Cc2ccc(O)c(NC(=O)CCCN3C(=O)CC(S)C3=O)c2)CC(C)C(=O)NCCC(C)(C)O/C=C(\C)N)cs1)C(C)C. The third-order valence-corrected chi connectivity index (χ3v) is 12.8. The van der Waals surface area contributed by atoms with Crippen molar-refractivity contribution in [2.45, 2.75) is 149 Å². The molecule has 1 aliphatic heterocycles. The van der Waals surface area contributed by atoms with Gasteiger partial charge >= 0.3 is 5.97 Å². The molecule has 0 radical (unpaired) electrons.